The molecule has 0 N–H and O–H groups in total. The summed E-state index contributed by atoms with van der Waals surface area (Å²) in [4.78, 5) is 0. The van der Waals surface area contributed by atoms with Gasteiger partial charge in [0.25, 0.3) is 8.48 Å². The molecule has 0 bridgehead atoms. The van der Waals surface area contributed by atoms with Crippen LogP contribution in [0.1, 0.15) is 19.8 Å². The lowest BCUT2D eigenvalue weighted by atomic mass is 10.4. The van der Waals surface area contributed by atoms with E-state index in [9.17, 15) is 0 Å². The van der Waals surface area contributed by atoms with E-state index in [1.807, 2.05) is 0 Å². The van der Waals surface area contributed by atoms with Crippen molar-refractivity contribution in [2.45, 2.75) is 45.5 Å². The number of hydrogen-bond acceptors (Lipinski definition) is 3. The van der Waals surface area contributed by atoms with Crippen LogP contribution in [0.5, 0.6) is 0 Å². The van der Waals surface area contributed by atoms with Gasteiger partial charge in [-0.15, -0.1) is 0 Å². The largest absolute Gasteiger partial charge is 0.463 e. The molecule has 0 saturated carbocycles. The number of unbranched alkanes of at least 4 members (excludes halogenated alkanes) is 1. The van der Waals surface area contributed by atoms with Gasteiger partial charge in [0.2, 0.25) is 0 Å². The van der Waals surface area contributed by atoms with Gasteiger partial charge in [-0.1, -0.05) is 19.8 Å². The highest BCUT2D eigenvalue weighted by Gasteiger charge is 2.31. The van der Waals surface area contributed by atoms with Crippen LogP contribution in [0.25, 0.3) is 0 Å². The first-order valence-electron chi connectivity index (χ1n) is 6.35. The monoisotopic (exact) mass is 295 g/mol. The molecule has 16 heavy (non-hydrogen) atoms. The van der Waals surface area contributed by atoms with Crippen LogP contribution in [0.2, 0.25) is 25.7 Å². The third-order valence-electron chi connectivity index (χ3n) is 2.89. The predicted molar refractivity (Wildman–Crippen MR) is 83.2 cm³/mol. The van der Waals surface area contributed by atoms with Gasteiger partial charge in [-0.3, -0.25) is 0 Å². The van der Waals surface area contributed by atoms with Crippen LogP contribution in [-0.2, 0) is 8.23 Å². The van der Waals surface area contributed by atoms with Crippen LogP contribution < -0.4 is 0 Å². The Kier molecular flexibility index (Phi) is 9.19. The summed E-state index contributed by atoms with van der Waals surface area (Å²) in [6.45, 7) is 9.11. The van der Waals surface area contributed by atoms with Crippen molar-refractivity contribution in [3.63, 3.8) is 0 Å². The fourth-order valence-corrected chi connectivity index (χ4v) is 18.7. The number of rotatable bonds is 9. The molecule has 0 spiro atoms. The van der Waals surface area contributed by atoms with E-state index in [0.717, 1.165) is 0 Å². The molecule has 0 aromatic carbocycles. The molecule has 1 unspecified atom stereocenters. The maximum Gasteiger partial charge on any atom is 0.256 e. The Morgan fingerprint density at radius 2 is 1.88 bits per heavy atom. The normalized spacial score (nSPS) is 17.2. The first-order chi connectivity index (χ1) is 7.42. The van der Waals surface area contributed by atoms with Crippen molar-refractivity contribution in [2.24, 2.45) is 0 Å². The lowest BCUT2D eigenvalue weighted by Gasteiger charge is -2.34. The average molecular weight is 296 g/mol. The highest BCUT2D eigenvalue weighted by atomic mass is 29.2. The molecule has 7 heteroatoms. The third kappa shape index (κ3) is 7.15. The first-order valence-corrected chi connectivity index (χ1v) is 16.8. The Balaban J connectivity index is 3.92. The van der Waals surface area contributed by atoms with E-state index >= 15 is 0 Å². The smallest absolute Gasteiger partial charge is 0.256 e. The maximum atomic E-state index is 6.31. The van der Waals surface area contributed by atoms with Gasteiger partial charge in [-0.05, 0) is 39.8 Å². The van der Waals surface area contributed by atoms with Crippen molar-refractivity contribution >= 4 is 36.1 Å². The fourth-order valence-electron chi connectivity index (χ4n) is 1.48. The second kappa shape index (κ2) is 8.78. The van der Waals surface area contributed by atoms with Crippen molar-refractivity contribution in [1.82, 2.24) is 4.57 Å². The topological polar surface area (TPSA) is 21.7 Å². The van der Waals surface area contributed by atoms with Gasteiger partial charge < -0.3 is 12.8 Å². The summed E-state index contributed by atoms with van der Waals surface area (Å²) < 4.78 is 14.5. The molecule has 0 amide bonds. The lowest BCUT2D eigenvalue weighted by Crippen LogP contribution is -2.51. The van der Waals surface area contributed by atoms with Gasteiger partial charge in [-0.25, -0.2) is 0 Å². The van der Waals surface area contributed by atoms with Gasteiger partial charge >= 0.3 is 0 Å². The Hall–Kier alpha value is 0.748. The van der Waals surface area contributed by atoms with Gasteiger partial charge in [0.05, 0.1) is 0 Å². The predicted octanol–water partition coefficient (Wildman–Crippen LogP) is 0.519. The summed E-state index contributed by atoms with van der Waals surface area (Å²) >= 11 is 0. The molecule has 0 rings (SSSR count). The summed E-state index contributed by atoms with van der Waals surface area (Å²) in [5.41, 5.74) is 0. The third-order valence-corrected chi connectivity index (χ3v) is 17.6. The quantitative estimate of drug-likeness (QED) is 0.457. The zero-order valence-corrected chi connectivity index (χ0v) is 16.9. The zero-order valence-electron chi connectivity index (χ0n) is 11.9. The summed E-state index contributed by atoms with van der Waals surface area (Å²) in [5, 5.41) is 0. The van der Waals surface area contributed by atoms with Crippen molar-refractivity contribution in [3.05, 3.63) is 0 Å². The maximum absolute atomic E-state index is 6.31. The Labute approximate surface area is 109 Å². The van der Waals surface area contributed by atoms with E-state index in [2.05, 4.69) is 45.2 Å². The molecule has 98 valence electrons. The molecule has 0 radical (unpaired) electrons. The minimum absolute atomic E-state index is 0.285. The molecule has 0 heterocycles. The molecular weight excluding hydrogens is 266 g/mol. The molecular formula is C9H29NO2Si4. The SMILES string of the molecule is CCCC[Si](C)(O[SiH2][SiH2]O[SiH](C)C)N(C)C. The Morgan fingerprint density at radius 1 is 1.25 bits per heavy atom. The van der Waals surface area contributed by atoms with Crippen LogP contribution in [0, 0.1) is 0 Å². The van der Waals surface area contributed by atoms with Crippen molar-refractivity contribution in [1.29, 1.82) is 0 Å². The highest BCUT2D eigenvalue weighted by molar-refractivity contribution is 6.99. The van der Waals surface area contributed by atoms with E-state index in [1.54, 1.807) is 0 Å². The molecule has 3 nitrogen and oxygen atoms in total. The first kappa shape index (κ1) is 16.7. The molecule has 0 saturated heterocycles. The number of nitrogens with zero attached hydrogens (tertiary/aromatic N) is 1. The molecule has 0 aliphatic carbocycles. The van der Waals surface area contributed by atoms with Crippen LogP contribution in [0.15, 0.2) is 0 Å². The minimum Gasteiger partial charge on any atom is -0.463 e. The molecule has 0 fully saturated rings. The molecule has 0 aliphatic heterocycles. The highest BCUT2D eigenvalue weighted by Crippen LogP contribution is 2.16. The van der Waals surface area contributed by atoms with E-state index in [1.165, 1.54) is 18.9 Å². The minimum atomic E-state index is -1.55. The van der Waals surface area contributed by atoms with Crippen LogP contribution in [0.3, 0.4) is 0 Å². The lowest BCUT2D eigenvalue weighted by molar-refractivity contribution is 0.449. The Morgan fingerprint density at radius 3 is 2.31 bits per heavy atom. The fraction of sp³-hybridized carbons (Fsp3) is 1.00. The van der Waals surface area contributed by atoms with E-state index in [-0.39, 0.29) is 18.6 Å². The van der Waals surface area contributed by atoms with Gasteiger partial charge in [0, 0.05) is 0 Å². The van der Waals surface area contributed by atoms with Crippen molar-refractivity contribution in [3.8, 4) is 0 Å². The molecule has 0 aliphatic rings. The van der Waals surface area contributed by atoms with Gasteiger partial charge in [0.1, 0.15) is 0 Å². The summed E-state index contributed by atoms with van der Waals surface area (Å²) in [7, 11) is 1.39. The van der Waals surface area contributed by atoms with Crippen LogP contribution in [-0.4, -0.2) is 54.7 Å². The van der Waals surface area contributed by atoms with E-state index in [4.69, 9.17) is 8.23 Å². The standard InChI is InChI=1S/C9H29NO2Si4/c1-7-8-9-16(6,10(2)3)12-14-13-11-15(4)5/h15H,7-9,13-14H2,1-6H3. The average Bonchev–Trinajstić information content (AvgIpc) is 2.21. The zero-order chi connectivity index (χ0) is 12.6. The molecule has 1 atom stereocenters. The molecule has 0 aromatic rings. The van der Waals surface area contributed by atoms with E-state index in [0.29, 0.717) is 0 Å². The second-order valence-electron chi connectivity index (χ2n) is 4.94. The second-order valence-corrected chi connectivity index (χ2v) is 16.5. The van der Waals surface area contributed by atoms with E-state index < -0.39 is 17.5 Å². The van der Waals surface area contributed by atoms with Gasteiger partial charge in [0.15, 0.2) is 27.6 Å². The van der Waals surface area contributed by atoms with Crippen molar-refractivity contribution < 1.29 is 8.23 Å². The number of hydrogen-bond donors (Lipinski definition) is 0. The summed E-state index contributed by atoms with van der Waals surface area (Å²) in [6.07, 6.45) is 2.57. The van der Waals surface area contributed by atoms with Gasteiger partial charge in [-0.2, -0.15) is 0 Å². The molecule has 0 aromatic heterocycles. The summed E-state index contributed by atoms with van der Waals surface area (Å²) in [6, 6.07) is 1.27. The van der Waals surface area contributed by atoms with Crippen molar-refractivity contribution in [2.75, 3.05) is 14.1 Å². The summed E-state index contributed by atoms with van der Waals surface area (Å²) in [5.74, 6) is 0. The Bertz CT molecular complexity index is 183. The van der Waals surface area contributed by atoms with Crippen LogP contribution in [0.4, 0.5) is 0 Å². The van der Waals surface area contributed by atoms with Crippen LogP contribution >= 0.6 is 0 Å².